The van der Waals surface area contributed by atoms with Crippen LogP contribution in [0.1, 0.15) is 24.4 Å². The first kappa shape index (κ1) is 17.8. The van der Waals surface area contributed by atoms with Gasteiger partial charge in [0.1, 0.15) is 6.33 Å². The zero-order valence-electron chi connectivity index (χ0n) is 15.3. The minimum Gasteiger partial charge on any atom is -0.375 e. The van der Waals surface area contributed by atoms with Crippen molar-refractivity contribution in [3.05, 3.63) is 48.1 Å². The van der Waals surface area contributed by atoms with E-state index in [0.29, 0.717) is 17.0 Å². The number of aromatic nitrogens is 6. The van der Waals surface area contributed by atoms with Crippen LogP contribution in [0.3, 0.4) is 0 Å². The molecule has 4 aromatic heterocycles. The molecule has 4 heterocycles. The van der Waals surface area contributed by atoms with E-state index < -0.39 is 11.8 Å². The third-order valence-electron chi connectivity index (χ3n) is 4.22. The number of hydrogen-bond donors (Lipinski definition) is 2. The van der Waals surface area contributed by atoms with Crippen molar-refractivity contribution in [3.63, 3.8) is 0 Å². The van der Waals surface area contributed by atoms with Crippen LogP contribution in [0.15, 0.2) is 30.9 Å². The van der Waals surface area contributed by atoms with Gasteiger partial charge in [0, 0.05) is 19.2 Å². The Kier molecular flexibility index (Phi) is 4.35. The summed E-state index contributed by atoms with van der Waals surface area (Å²) in [5.41, 5.74) is 2.78. The first-order chi connectivity index (χ1) is 13.5. The molecule has 0 spiro atoms. The van der Waals surface area contributed by atoms with Gasteiger partial charge < -0.3 is 15.4 Å². The fourth-order valence-corrected chi connectivity index (χ4v) is 2.90. The number of amides is 2. The molecule has 0 fully saturated rings. The van der Waals surface area contributed by atoms with Crippen molar-refractivity contribution < 1.29 is 13.9 Å². The third kappa shape index (κ3) is 3.11. The van der Waals surface area contributed by atoms with Crippen LogP contribution >= 0.6 is 0 Å². The fraction of sp³-hybridized carbons (Fsp3) is 0.235. The highest BCUT2D eigenvalue weighted by Crippen LogP contribution is 2.25. The Labute approximate surface area is 158 Å². The lowest BCUT2D eigenvalue weighted by Crippen LogP contribution is -2.22. The number of anilines is 2. The molecule has 0 saturated carbocycles. The lowest BCUT2D eigenvalue weighted by atomic mass is 10.2. The zero-order valence-corrected chi connectivity index (χ0v) is 15.3. The number of halogens is 1. The van der Waals surface area contributed by atoms with E-state index in [-0.39, 0.29) is 17.4 Å². The van der Waals surface area contributed by atoms with Gasteiger partial charge in [-0.3, -0.25) is 0 Å². The predicted octanol–water partition coefficient (Wildman–Crippen LogP) is 2.57. The maximum Gasteiger partial charge on any atom is 0.323 e. The minimum atomic E-state index is -0.598. The number of carbonyl (C=O) groups excluding carboxylic acids is 1. The fourth-order valence-electron chi connectivity index (χ4n) is 2.90. The Morgan fingerprint density at radius 1 is 1.29 bits per heavy atom. The number of nitrogens with zero attached hydrogens (tertiary/aromatic N) is 6. The normalized spacial score (nSPS) is 12.4. The number of pyridine rings is 1. The molecule has 144 valence electrons. The molecule has 2 amide bonds. The van der Waals surface area contributed by atoms with E-state index >= 15 is 0 Å². The van der Waals surface area contributed by atoms with Crippen molar-refractivity contribution in [2.45, 2.75) is 20.0 Å². The second kappa shape index (κ2) is 6.85. The molecule has 0 aliphatic heterocycles. The molecular weight excluding hydrogens is 367 g/mol. The minimum absolute atomic E-state index is 0.0749. The number of ether oxygens (including phenoxy) is 1. The van der Waals surface area contributed by atoms with Gasteiger partial charge in [-0.05, 0) is 13.8 Å². The quantitative estimate of drug-likeness (QED) is 0.559. The van der Waals surface area contributed by atoms with E-state index in [1.807, 2.05) is 19.9 Å². The predicted molar refractivity (Wildman–Crippen MR) is 98.7 cm³/mol. The Balaban J connectivity index is 1.64. The molecule has 0 radical (unpaired) electrons. The molecular formula is C17H17FN8O2. The molecule has 4 rings (SSSR count). The summed E-state index contributed by atoms with van der Waals surface area (Å²) < 4.78 is 22.3. The number of carbonyl (C=O) groups is 1. The second-order valence-corrected chi connectivity index (χ2v) is 6.17. The van der Waals surface area contributed by atoms with Crippen molar-refractivity contribution in [1.29, 1.82) is 0 Å². The van der Waals surface area contributed by atoms with E-state index in [4.69, 9.17) is 4.74 Å². The Morgan fingerprint density at radius 2 is 2.11 bits per heavy atom. The summed E-state index contributed by atoms with van der Waals surface area (Å²) in [7, 11) is 1.56. The van der Waals surface area contributed by atoms with Gasteiger partial charge in [-0.1, -0.05) is 0 Å². The summed E-state index contributed by atoms with van der Waals surface area (Å²) in [6.45, 7) is 3.69. The average Bonchev–Trinajstić information content (AvgIpc) is 3.26. The van der Waals surface area contributed by atoms with Gasteiger partial charge in [0.25, 0.3) is 0 Å². The van der Waals surface area contributed by atoms with Gasteiger partial charge in [0.05, 0.1) is 41.3 Å². The summed E-state index contributed by atoms with van der Waals surface area (Å²) >= 11 is 0. The largest absolute Gasteiger partial charge is 0.375 e. The summed E-state index contributed by atoms with van der Waals surface area (Å²) in [5, 5.41) is 13.6. The van der Waals surface area contributed by atoms with Gasteiger partial charge in [0.2, 0.25) is 0 Å². The standard InChI is InChI=1S/C17H17FN8O2/c1-9-4-14-19-6-13(15(10(2)28-3)26(14)24-9)23-17(27)22-11-5-12(18)16-20-8-21-25(16)7-11/h4-8,10H,1-3H3,(H2,22,23,27)/t10-/m0/s1. The van der Waals surface area contributed by atoms with Crippen LogP contribution < -0.4 is 10.6 Å². The lowest BCUT2D eigenvalue weighted by molar-refractivity contribution is 0.114. The summed E-state index contributed by atoms with van der Waals surface area (Å²) in [6, 6.07) is 2.42. The Bertz CT molecular complexity index is 1180. The zero-order chi connectivity index (χ0) is 19.8. The van der Waals surface area contributed by atoms with E-state index in [0.717, 1.165) is 5.69 Å². The maximum atomic E-state index is 14.0. The maximum absolute atomic E-state index is 14.0. The second-order valence-electron chi connectivity index (χ2n) is 6.17. The van der Waals surface area contributed by atoms with Crippen molar-refractivity contribution in [1.82, 2.24) is 29.2 Å². The van der Waals surface area contributed by atoms with E-state index in [1.165, 1.54) is 29.3 Å². The molecule has 0 unspecified atom stereocenters. The van der Waals surface area contributed by atoms with Crippen LogP contribution in [0.2, 0.25) is 0 Å². The summed E-state index contributed by atoms with van der Waals surface area (Å²) in [4.78, 5) is 20.6. The first-order valence-electron chi connectivity index (χ1n) is 8.41. The van der Waals surface area contributed by atoms with Crippen LogP contribution in [0.5, 0.6) is 0 Å². The van der Waals surface area contributed by atoms with Crippen molar-refractivity contribution >= 4 is 28.7 Å². The number of fused-ring (bicyclic) bond motifs is 2. The highest BCUT2D eigenvalue weighted by atomic mass is 19.1. The first-order valence-corrected chi connectivity index (χ1v) is 8.41. The number of hydrogen-bond acceptors (Lipinski definition) is 6. The molecule has 0 aliphatic carbocycles. The molecule has 0 saturated heterocycles. The molecule has 10 nitrogen and oxygen atoms in total. The SMILES string of the molecule is CO[C@@H](C)c1c(NC(=O)Nc2cc(F)c3ncnn3c2)cnc2cc(C)nn12. The van der Waals surface area contributed by atoms with Gasteiger partial charge in [-0.25, -0.2) is 28.2 Å². The van der Waals surface area contributed by atoms with Crippen molar-refractivity contribution in [2.24, 2.45) is 0 Å². The Hall–Kier alpha value is -3.60. The van der Waals surface area contributed by atoms with Gasteiger partial charge in [-0.2, -0.15) is 10.2 Å². The third-order valence-corrected chi connectivity index (χ3v) is 4.22. The average molecular weight is 384 g/mol. The highest BCUT2D eigenvalue weighted by Gasteiger charge is 2.19. The van der Waals surface area contributed by atoms with E-state index in [1.54, 1.807) is 11.6 Å². The molecule has 1 atom stereocenters. The topological polar surface area (TPSA) is 111 Å². The lowest BCUT2D eigenvalue weighted by Gasteiger charge is -2.17. The molecule has 28 heavy (non-hydrogen) atoms. The van der Waals surface area contributed by atoms with Crippen molar-refractivity contribution in [3.8, 4) is 0 Å². The number of methoxy groups -OCH3 is 1. The number of nitrogens with one attached hydrogen (secondary N) is 2. The Morgan fingerprint density at radius 3 is 2.89 bits per heavy atom. The summed E-state index contributed by atoms with van der Waals surface area (Å²) in [5.74, 6) is -0.598. The van der Waals surface area contributed by atoms with Crippen LogP contribution in [0.4, 0.5) is 20.6 Å². The van der Waals surface area contributed by atoms with Gasteiger partial charge >= 0.3 is 6.03 Å². The van der Waals surface area contributed by atoms with Crippen LogP contribution in [0.25, 0.3) is 11.3 Å². The van der Waals surface area contributed by atoms with Gasteiger partial charge in [0.15, 0.2) is 17.1 Å². The van der Waals surface area contributed by atoms with Crippen LogP contribution in [-0.4, -0.2) is 42.3 Å². The van der Waals surface area contributed by atoms with Gasteiger partial charge in [-0.15, -0.1) is 0 Å². The van der Waals surface area contributed by atoms with E-state index in [2.05, 4.69) is 30.8 Å². The summed E-state index contributed by atoms with van der Waals surface area (Å²) in [6.07, 6.45) is 3.86. The number of rotatable bonds is 4. The van der Waals surface area contributed by atoms with E-state index in [9.17, 15) is 9.18 Å². The monoisotopic (exact) mass is 384 g/mol. The smallest absolute Gasteiger partial charge is 0.323 e. The molecule has 0 aromatic carbocycles. The van der Waals surface area contributed by atoms with Crippen LogP contribution in [0, 0.1) is 12.7 Å². The highest BCUT2D eigenvalue weighted by molar-refractivity contribution is 6.00. The molecule has 11 heteroatoms. The van der Waals surface area contributed by atoms with Crippen LogP contribution in [-0.2, 0) is 4.74 Å². The molecule has 0 aliphatic rings. The molecule has 0 bridgehead atoms. The van der Waals surface area contributed by atoms with Crippen molar-refractivity contribution in [2.75, 3.05) is 17.7 Å². The number of aryl methyl sites for hydroxylation is 1. The molecule has 2 N–H and O–H groups in total. The number of urea groups is 1. The molecule has 4 aromatic rings.